The molecular formula is C28H37F2N3O3. The zero-order valence-electron chi connectivity index (χ0n) is 21.3. The predicted molar refractivity (Wildman–Crippen MR) is 136 cm³/mol. The maximum Gasteiger partial charge on any atom is 0.253 e. The van der Waals surface area contributed by atoms with Crippen molar-refractivity contribution in [1.29, 1.82) is 0 Å². The van der Waals surface area contributed by atoms with E-state index in [4.69, 9.17) is 0 Å². The molecule has 2 aromatic carbocycles. The highest BCUT2D eigenvalue weighted by atomic mass is 19.1. The lowest BCUT2D eigenvalue weighted by Gasteiger charge is -2.25. The Morgan fingerprint density at radius 2 is 1.61 bits per heavy atom. The van der Waals surface area contributed by atoms with E-state index in [-0.39, 0.29) is 18.9 Å². The van der Waals surface area contributed by atoms with Crippen molar-refractivity contribution in [3.05, 3.63) is 70.3 Å². The minimum atomic E-state index is -0.976. The highest BCUT2D eigenvalue weighted by molar-refractivity contribution is 6.00. The van der Waals surface area contributed by atoms with E-state index in [0.717, 1.165) is 37.3 Å². The van der Waals surface area contributed by atoms with Crippen LogP contribution < -0.4 is 10.6 Å². The van der Waals surface area contributed by atoms with Gasteiger partial charge in [0.15, 0.2) is 0 Å². The number of hydrogen-bond donors (Lipinski definition) is 3. The van der Waals surface area contributed by atoms with Gasteiger partial charge in [0.25, 0.3) is 11.8 Å². The van der Waals surface area contributed by atoms with Gasteiger partial charge in [0.05, 0.1) is 12.1 Å². The van der Waals surface area contributed by atoms with Crippen molar-refractivity contribution in [2.24, 2.45) is 0 Å². The van der Waals surface area contributed by atoms with E-state index in [9.17, 15) is 23.5 Å². The van der Waals surface area contributed by atoms with Crippen LogP contribution in [0.3, 0.4) is 0 Å². The predicted octanol–water partition coefficient (Wildman–Crippen LogP) is 3.99. The summed E-state index contributed by atoms with van der Waals surface area (Å²) in [6.07, 6.45) is 2.81. The first-order valence-corrected chi connectivity index (χ1v) is 12.8. The Morgan fingerprint density at radius 3 is 2.19 bits per heavy atom. The molecule has 3 N–H and O–H groups in total. The summed E-state index contributed by atoms with van der Waals surface area (Å²) in [4.78, 5) is 28.2. The molecule has 36 heavy (non-hydrogen) atoms. The van der Waals surface area contributed by atoms with Gasteiger partial charge in [-0.15, -0.1) is 0 Å². The van der Waals surface area contributed by atoms with Crippen molar-refractivity contribution in [3.8, 4) is 0 Å². The van der Waals surface area contributed by atoms with Crippen LogP contribution in [0.15, 0.2) is 36.4 Å². The van der Waals surface area contributed by atoms with Gasteiger partial charge in [0, 0.05) is 42.9 Å². The second-order valence-corrected chi connectivity index (χ2v) is 9.69. The summed E-state index contributed by atoms with van der Waals surface area (Å²) >= 11 is 0. The van der Waals surface area contributed by atoms with Crippen LogP contribution in [0.4, 0.5) is 8.78 Å². The number of amides is 2. The molecule has 2 aromatic rings. The van der Waals surface area contributed by atoms with Crippen LogP contribution in [0.25, 0.3) is 0 Å². The van der Waals surface area contributed by atoms with Gasteiger partial charge in [-0.3, -0.25) is 9.59 Å². The van der Waals surface area contributed by atoms with Crippen LogP contribution >= 0.6 is 0 Å². The summed E-state index contributed by atoms with van der Waals surface area (Å²) in [6, 6.07) is 7.75. The number of benzene rings is 2. The third-order valence-electron chi connectivity index (χ3n) is 6.21. The van der Waals surface area contributed by atoms with Crippen LogP contribution in [-0.2, 0) is 6.42 Å². The number of hydrogen-bond acceptors (Lipinski definition) is 4. The number of nitrogens with zero attached hydrogens (tertiary/aromatic N) is 1. The molecule has 1 saturated carbocycles. The van der Waals surface area contributed by atoms with Crippen LogP contribution in [0.1, 0.15) is 71.4 Å². The normalized spacial score (nSPS) is 14.8. The summed E-state index contributed by atoms with van der Waals surface area (Å²) in [5.74, 6) is -2.02. The van der Waals surface area contributed by atoms with Gasteiger partial charge >= 0.3 is 0 Å². The number of halogens is 2. The van der Waals surface area contributed by atoms with E-state index in [1.165, 1.54) is 12.1 Å². The third-order valence-corrected chi connectivity index (χ3v) is 6.21. The number of carbonyl (C=O) groups excluding carboxylic acids is 2. The van der Waals surface area contributed by atoms with E-state index in [0.29, 0.717) is 35.8 Å². The first-order valence-electron chi connectivity index (χ1n) is 12.8. The van der Waals surface area contributed by atoms with Crippen LogP contribution in [0.5, 0.6) is 0 Å². The van der Waals surface area contributed by atoms with E-state index in [2.05, 4.69) is 10.6 Å². The highest BCUT2D eigenvalue weighted by Crippen LogP contribution is 2.19. The molecule has 0 saturated heterocycles. The molecule has 0 spiro atoms. The fraction of sp³-hybridized carbons (Fsp3) is 0.500. The molecule has 0 bridgehead atoms. The number of nitrogens with one attached hydrogen (secondary N) is 2. The topological polar surface area (TPSA) is 81.7 Å². The standard InChI is InChI=1S/C28H37F2N3O3/c1-4-8-33(9-5-2)28(36)21-11-18(3)10-20(15-21)27(35)32-25(26(34)17-31-24-6-7-24)14-19-12-22(29)16-23(30)13-19/h10-13,15-16,24-26,31,34H,4-9,14,17H2,1-3H3,(H,32,35)/t25-,26+/m0/s1. The lowest BCUT2D eigenvalue weighted by molar-refractivity contribution is 0.0755. The zero-order valence-corrected chi connectivity index (χ0v) is 21.3. The van der Waals surface area contributed by atoms with Crippen LogP contribution in [0, 0.1) is 18.6 Å². The summed E-state index contributed by atoms with van der Waals surface area (Å²) in [7, 11) is 0. The zero-order chi connectivity index (χ0) is 26.2. The van der Waals surface area contributed by atoms with Gasteiger partial charge < -0.3 is 20.6 Å². The van der Waals surface area contributed by atoms with Gasteiger partial charge in [-0.2, -0.15) is 0 Å². The average Bonchev–Trinajstić information content (AvgIpc) is 3.65. The van der Waals surface area contributed by atoms with Gasteiger partial charge in [-0.25, -0.2) is 8.78 Å². The Hall–Kier alpha value is -2.84. The summed E-state index contributed by atoms with van der Waals surface area (Å²) in [5.41, 5.74) is 1.82. The molecule has 0 aliphatic heterocycles. The summed E-state index contributed by atoms with van der Waals surface area (Å²) in [6.45, 7) is 7.36. The maximum atomic E-state index is 13.8. The first-order chi connectivity index (χ1) is 17.2. The number of aryl methyl sites for hydroxylation is 1. The molecule has 2 atom stereocenters. The second-order valence-electron chi connectivity index (χ2n) is 9.69. The summed E-state index contributed by atoms with van der Waals surface area (Å²) < 4.78 is 27.5. The minimum absolute atomic E-state index is 0.0479. The van der Waals surface area contributed by atoms with Crippen LogP contribution in [0.2, 0.25) is 0 Å². The molecule has 196 valence electrons. The molecular weight excluding hydrogens is 464 g/mol. The van der Waals surface area contributed by atoms with Crippen molar-refractivity contribution < 1.29 is 23.5 Å². The van der Waals surface area contributed by atoms with Crippen molar-refractivity contribution in [2.45, 2.75) is 71.1 Å². The Morgan fingerprint density at radius 1 is 1.00 bits per heavy atom. The molecule has 1 aliphatic rings. The number of aliphatic hydroxyl groups excluding tert-OH is 1. The molecule has 8 heteroatoms. The minimum Gasteiger partial charge on any atom is -0.390 e. The van der Waals surface area contributed by atoms with E-state index in [1.807, 2.05) is 20.8 Å². The second kappa shape index (κ2) is 12.9. The van der Waals surface area contributed by atoms with Crippen LogP contribution in [-0.4, -0.2) is 59.6 Å². The summed E-state index contributed by atoms with van der Waals surface area (Å²) in [5, 5.41) is 16.9. The molecule has 0 unspecified atom stereocenters. The molecule has 6 nitrogen and oxygen atoms in total. The average molecular weight is 502 g/mol. The highest BCUT2D eigenvalue weighted by Gasteiger charge is 2.27. The van der Waals surface area contributed by atoms with Gasteiger partial charge in [0.1, 0.15) is 11.6 Å². The van der Waals surface area contributed by atoms with Gasteiger partial charge in [0.2, 0.25) is 0 Å². The van der Waals surface area contributed by atoms with Crippen molar-refractivity contribution in [2.75, 3.05) is 19.6 Å². The van der Waals surface area contributed by atoms with Gasteiger partial charge in [-0.05, 0) is 80.5 Å². The smallest absolute Gasteiger partial charge is 0.253 e. The Balaban J connectivity index is 1.81. The molecule has 1 fully saturated rings. The fourth-order valence-electron chi connectivity index (χ4n) is 4.31. The fourth-order valence-corrected chi connectivity index (χ4v) is 4.31. The lowest BCUT2D eigenvalue weighted by atomic mass is 9.99. The molecule has 2 amide bonds. The van der Waals surface area contributed by atoms with E-state index in [1.54, 1.807) is 23.1 Å². The molecule has 0 heterocycles. The Labute approximate surface area is 212 Å². The monoisotopic (exact) mass is 501 g/mol. The largest absolute Gasteiger partial charge is 0.390 e. The number of rotatable bonds is 13. The van der Waals surface area contributed by atoms with Gasteiger partial charge in [-0.1, -0.05) is 13.8 Å². The third kappa shape index (κ3) is 8.10. The molecule has 3 rings (SSSR count). The lowest BCUT2D eigenvalue weighted by Crippen LogP contribution is -2.49. The number of carbonyl (C=O) groups is 2. The van der Waals surface area contributed by atoms with Crippen molar-refractivity contribution in [3.63, 3.8) is 0 Å². The Kier molecular flexibility index (Phi) is 9.96. The van der Waals surface area contributed by atoms with Crippen molar-refractivity contribution in [1.82, 2.24) is 15.5 Å². The van der Waals surface area contributed by atoms with E-state index < -0.39 is 29.7 Å². The SMILES string of the molecule is CCCN(CCC)C(=O)c1cc(C)cc(C(=O)N[C@@H](Cc2cc(F)cc(F)c2)[C@H](O)CNC2CC2)c1. The molecule has 0 radical (unpaired) electrons. The molecule has 1 aliphatic carbocycles. The quantitative estimate of drug-likeness (QED) is 0.388. The maximum absolute atomic E-state index is 13.8. The molecule has 0 aromatic heterocycles. The van der Waals surface area contributed by atoms with Crippen molar-refractivity contribution >= 4 is 11.8 Å². The Bertz CT molecular complexity index is 1030. The number of aliphatic hydroxyl groups is 1. The van der Waals surface area contributed by atoms with E-state index >= 15 is 0 Å². The first kappa shape index (κ1) is 27.7.